The Morgan fingerprint density at radius 2 is 1.61 bits per heavy atom. The second kappa shape index (κ2) is 11.6. The lowest BCUT2D eigenvalue weighted by atomic mass is 10.0. The fourth-order valence-corrected chi connectivity index (χ4v) is 4.83. The molecule has 0 radical (unpaired) electrons. The number of nitrogens with two attached hydrogens (primary N) is 1. The molecule has 0 aliphatic heterocycles. The highest BCUT2D eigenvalue weighted by molar-refractivity contribution is 6.36. The maximum absolute atomic E-state index is 13.1. The summed E-state index contributed by atoms with van der Waals surface area (Å²) in [6.07, 6.45) is 1.20. The van der Waals surface area contributed by atoms with E-state index in [4.69, 9.17) is 33.9 Å². The van der Waals surface area contributed by atoms with Crippen molar-refractivity contribution in [3.8, 4) is 22.4 Å². The van der Waals surface area contributed by atoms with Crippen LogP contribution in [0.2, 0.25) is 10.0 Å². The van der Waals surface area contributed by atoms with Gasteiger partial charge in [0.15, 0.2) is 0 Å². The number of alkyl halides is 3. The average molecular weight is 592 g/mol. The summed E-state index contributed by atoms with van der Waals surface area (Å²) in [5.74, 6) is 0.147. The third-order valence-electron chi connectivity index (χ3n) is 6.46. The molecular weight excluding hydrogens is 570 g/mol. The summed E-state index contributed by atoms with van der Waals surface area (Å²) in [6, 6.07) is 24.7. The minimum atomic E-state index is -4.40. The molecule has 4 aromatic carbocycles. The van der Waals surface area contributed by atoms with Crippen LogP contribution in [0.4, 0.5) is 13.2 Å². The van der Waals surface area contributed by atoms with Gasteiger partial charge in [-0.05, 0) is 70.8 Å². The molecule has 0 aliphatic carbocycles. The van der Waals surface area contributed by atoms with Gasteiger partial charge in [-0.25, -0.2) is 4.98 Å². The van der Waals surface area contributed by atoms with Gasteiger partial charge in [0.25, 0.3) is 0 Å². The number of carbonyl (C=O) groups excluding carboxylic acids is 1. The van der Waals surface area contributed by atoms with Crippen molar-refractivity contribution in [2.24, 2.45) is 5.73 Å². The Hall–Kier alpha value is -4.33. The summed E-state index contributed by atoms with van der Waals surface area (Å²) >= 11 is 12.5. The van der Waals surface area contributed by atoms with Crippen LogP contribution >= 0.6 is 23.2 Å². The molecule has 1 heterocycles. The molecule has 0 spiro atoms. The monoisotopic (exact) mass is 591 g/mol. The van der Waals surface area contributed by atoms with Gasteiger partial charge in [-0.15, -0.1) is 0 Å². The van der Waals surface area contributed by atoms with E-state index in [1.165, 1.54) is 6.07 Å². The Morgan fingerprint density at radius 1 is 0.878 bits per heavy atom. The second-order valence-electron chi connectivity index (χ2n) is 9.33. The molecule has 1 aromatic heterocycles. The van der Waals surface area contributed by atoms with E-state index in [1.54, 1.807) is 48.5 Å². The maximum atomic E-state index is 13.1. The highest BCUT2D eigenvalue weighted by atomic mass is 35.5. The van der Waals surface area contributed by atoms with E-state index in [-0.39, 0.29) is 0 Å². The zero-order chi connectivity index (χ0) is 29.1. The minimum absolute atomic E-state index is 0.418. The van der Waals surface area contributed by atoms with Crippen LogP contribution in [0, 0.1) is 0 Å². The molecule has 1 amide bonds. The predicted octanol–water partition coefficient (Wildman–Crippen LogP) is 8.86. The van der Waals surface area contributed by atoms with Crippen LogP contribution in [0.25, 0.3) is 34.5 Å². The van der Waals surface area contributed by atoms with Crippen molar-refractivity contribution in [2.45, 2.75) is 12.7 Å². The molecule has 206 valence electrons. The van der Waals surface area contributed by atoms with Crippen molar-refractivity contribution in [1.82, 2.24) is 9.55 Å². The summed E-state index contributed by atoms with van der Waals surface area (Å²) in [5, 5.41) is 0.982. The number of aromatic nitrogens is 2. The standard InChI is InChI=1S/C32H22Cl2F3N3O/c33-26-13-14-27(28(34)17-26)29-19-40(18-21-6-11-23(12-7-21)31(38)41)30(39-29)15-8-20-4-9-22(10-5-20)24-2-1-3-25(16-24)32(35,36)37/h1-17,19H,18H2,(H2,38,41). The first-order valence-corrected chi connectivity index (χ1v) is 13.2. The van der Waals surface area contributed by atoms with Gasteiger partial charge in [0.1, 0.15) is 5.82 Å². The Balaban J connectivity index is 1.44. The fraction of sp³-hybridized carbons (Fsp3) is 0.0625. The smallest absolute Gasteiger partial charge is 0.366 e. The Morgan fingerprint density at radius 3 is 2.27 bits per heavy atom. The first-order valence-electron chi connectivity index (χ1n) is 12.4. The number of carbonyl (C=O) groups is 1. The molecule has 0 atom stereocenters. The van der Waals surface area contributed by atoms with Gasteiger partial charge in [0.05, 0.1) is 16.3 Å². The quantitative estimate of drug-likeness (QED) is 0.205. The average Bonchev–Trinajstić information content (AvgIpc) is 3.34. The first kappa shape index (κ1) is 28.2. The third kappa shape index (κ3) is 6.70. The molecule has 0 aliphatic rings. The lowest BCUT2D eigenvalue weighted by Gasteiger charge is -2.09. The number of halogens is 5. The van der Waals surface area contributed by atoms with Gasteiger partial charge in [0, 0.05) is 28.9 Å². The highest BCUT2D eigenvalue weighted by Gasteiger charge is 2.30. The SMILES string of the molecule is NC(=O)c1ccc(Cn2cc(-c3ccc(Cl)cc3Cl)nc2C=Cc2ccc(-c3cccc(C(F)(F)F)c3)cc2)cc1. The predicted molar refractivity (Wildman–Crippen MR) is 158 cm³/mol. The van der Waals surface area contributed by atoms with Gasteiger partial charge in [-0.3, -0.25) is 4.79 Å². The van der Waals surface area contributed by atoms with Crippen molar-refractivity contribution >= 4 is 41.3 Å². The van der Waals surface area contributed by atoms with Crippen LogP contribution in [0.5, 0.6) is 0 Å². The molecular formula is C32H22Cl2F3N3O. The molecule has 2 N–H and O–H groups in total. The molecule has 9 heteroatoms. The largest absolute Gasteiger partial charge is 0.416 e. The van der Waals surface area contributed by atoms with Gasteiger partial charge in [-0.1, -0.05) is 77.8 Å². The molecule has 5 rings (SSSR count). The second-order valence-corrected chi connectivity index (χ2v) is 10.2. The van der Waals surface area contributed by atoms with Crippen molar-refractivity contribution < 1.29 is 18.0 Å². The summed E-state index contributed by atoms with van der Waals surface area (Å²) in [4.78, 5) is 16.2. The molecule has 4 nitrogen and oxygen atoms in total. The van der Waals surface area contributed by atoms with Crippen LogP contribution in [-0.2, 0) is 12.7 Å². The maximum Gasteiger partial charge on any atom is 0.416 e. The fourth-order valence-electron chi connectivity index (χ4n) is 4.32. The molecule has 5 aromatic rings. The number of amides is 1. The Bertz CT molecular complexity index is 1740. The van der Waals surface area contributed by atoms with Crippen LogP contribution in [0.3, 0.4) is 0 Å². The first-order chi connectivity index (χ1) is 19.6. The van der Waals surface area contributed by atoms with E-state index < -0.39 is 17.6 Å². The molecule has 0 saturated carbocycles. The minimum Gasteiger partial charge on any atom is -0.366 e. The van der Waals surface area contributed by atoms with Crippen LogP contribution in [0.15, 0.2) is 97.2 Å². The van der Waals surface area contributed by atoms with Crippen molar-refractivity contribution in [3.63, 3.8) is 0 Å². The van der Waals surface area contributed by atoms with Crippen LogP contribution in [0.1, 0.15) is 32.9 Å². The van der Waals surface area contributed by atoms with Crippen molar-refractivity contribution in [1.29, 1.82) is 0 Å². The number of primary amides is 1. The molecule has 41 heavy (non-hydrogen) atoms. The van der Waals surface area contributed by atoms with Crippen molar-refractivity contribution in [3.05, 3.63) is 135 Å². The lowest BCUT2D eigenvalue weighted by Crippen LogP contribution is -2.10. The Kier molecular flexibility index (Phi) is 8.01. The zero-order valence-corrected chi connectivity index (χ0v) is 22.9. The number of hydrogen-bond donors (Lipinski definition) is 1. The molecule has 0 saturated heterocycles. The molecule has 0 unspecified atom stereocenters. The van der Waals surface area contributed by atoms with E-state index in [9.17, 15) is 18.0 Å². The molecule has 0 fully saturated rings. The summed E-state index contributed by atoms with van der Waals surface area (Å²) in [6.45, 7) is 0.464. The third-order valence-corrected chi connectivity index (χ3v) is 7.01. The summed E-state index contributed by atoms with van der Waals surface area (Å²) in [5.41, 5.74) is 9.40. The Labute approximate surface area is 244 Å². The van der Waals surface area contributed by atoms with Crippen molar-refractivity contribution in [2.75, 3.05) is 0 Å². The number of hydrogen-bond acceptors (Lipinski definition) is 2. The number of rotatable bonds is 7. The van der Waals surface area contributed by atoms with Crippen LogP contribution in [-0.4, -0.2) is 15.5 Å². The highest BCUT2D eigenvalue weighted by Crippen LogP contribution is 2.33. The molecule has 0 bridgehead atoms. The van der Waals surface area contributed by atoms with E-state index >= 15 is 0 Å². The van der Waals surface area contributed by atoms with Crippen LogP contribution < -0.4 is 5.73 Å². The van der Waals surface area contributed by atoms with Gasteiger partial charge < -0.3 is 10.3 Å². The zero-order valence-electron chi connectivity index (χ0n) is 21.4. The van der Waals surface area contributed by atoms with E-state index in [0.717, 1.165) is 28.8 Å². The summed E-state index contributed by atoms with van der Waals surface area (Å²) < 4.78 is 41.3. The van der Waals surface area contributed by atoms with Gasteiger partial charge >= 0.3 is 6.18 Å². The number of benzene rings is 4. The van der Waals surface area contributed by atoms with E-state index in [0.29, 0.717) is 44.8 Å². The van der Waals surface area contributed by atoms with E-state index in [1.807, 2.05) is 47.2 Å². The number of imidazole rings is 1. The normalized spacial score (nSPS) is 11.7. The van der Waals surface area contributed by atoms with Gasteiger partial charge in [-0.2, -0.15) is 13.2 Å². The van der Waals surface area contributed by atoms with E-state index in [2.05, 4.69) is 0 Å². The van der Waals surface area contributed by atoms with Gasteiger partial charge in [0.2, 0.25) is 5.91 Å². The number of nitrogens with zero attached hydrogens (tertiary/aromatic N) is 2. The topological polar surface area (TPSA) is 60.9 Å². The lowest BCUT2D eigenvalue weighted by molar-refractivity contribution is -0.137. The summed E-state index contributed by atoms with van der Waals surface area (Å²) in [7, 11) is 0.